The van der Waals surface area contributed by atoms with Gasteiger partial charge < -0.3 is 15.5 Å². The SMILES string of the molecule is Cc1c(-c2cc3n(n2)CCCC3NCCO)cccc1-c1cccc(-c2cc3n(n2)CCCC3N2CC[C@@H](O)C2)c1C. The fraction of sp³-hybridized carbons (Fsp3) is 0.471. The molecule has 3 aliphatic heterocycles. The van der Waals surface area contributed by atoms with Crippen LogP contribution in [0.15, 0.2) is 48.5 Å². The molecule has 3 N–H and O–H groups in total. The number of nitrogens with zero attached hydrogens (tertiary/aromatic N) is 5. The molecule has 220 valence electrons. The monoisotopic (exact) mass is 566 g/mol. The van der Waals surface area contributed by atoms with Gasteiger partial charge in [-0.25, -0.2) is 0 Å². The van der Waals surface area contributed by atoms with Gasteiger partial charge in [0.25, 0.3) is 0 Å². The normalized spacial score (nSPS) is 22.3. The quantitative estimate of drug-likeness (QED) is 0.291. The topological polar surface area (TPSA) is 91.4 Å². The first-order chi connectivity index (χ1) is 20.5. The number of likely N-dealkylation sites (tertiary alicyclic amines) is 1. The Kier molecular flexibility index (Phi) is 7.48. The number of rotatable bonds is 7. The lowest BCUT2D eigenvalue weighted by Crippen LogP contribution is -2.32. The van der Waals surface area contributed by atoms with Gasteiger partial charge in [-0.1, -0.05) is 36.4 Å². The maximum Gasteiger partial charge on any atom is 0.0929 e. The Morgan fingerprint density at radius 1 is 0.786 bits per heavy atom. The van der Waals surface area contributed by atoms with Crippen LogP contribution in [-0.2, 0) is 13.1 Å². The predicted octanol–water partition coefficient (Wildman–Crippen LogP) is 5.02. The van der Waals surface area contributed by atoms with E-state index in [1.54, 1.807) is 0 Å². The molecular formula is C34H42N6O2. The van der Waals surface area contributed by atoms with E-state index in [9.17, 15) is 10.2 Å². The van der Waals surface area contributed by atoms with Crippen molar-refractivity contribution in [3.05, 3.63) is 71.0 Å². The summed E-state index contributed by atoms with van der Waals surface area (Å²) in [4.78, 5) is 2.44. The Bertz CT molecular complexity index is 1590. The minimum absolute atomic E-state index is 0.141. The lowest BCUT2D eigenvalue weighted by atomic mass is 9.89. The summed E-state index contributed by atoms with van der Waals surface area (Å²) < 4.78 is 4.35. The summed E-state index contributed by atoms with van der Waals surface area (Å²) in [5, 5.41) is 33.1. The molecule has 1 saturated heterocycles. The highest BCUT2D eigenvalue weighted by atomic mass is 16.3. The number of hydrogen-bond donors (Lipinski definition) is 3. The van der Waals surface area contributed by atoms with Gasteiger partial charge in [0, 0.05) is 49.9 Å². The molecule has 8 heteroatoms. The lowest BCUT2D eigenvalue weighted by Gasteiger charge is -2.31. The maximum absolute atomic E-state index is 10.2. The van der Waals surface area contributed by atoms with Crippen molar-refractivity contribution in [1.29, 1.82) is 0 Å². The molecule has 0 aliphatic carbocycles. The van der Waals surface area contributed by atoms with Gasteiger partial charge in [-0.15, -0.1) is 0 Å². The fourth-order valence-electron chi connectivity index (χ4n) is 7.48. The van der Waals surface area contributed by atoms with Crippen molar-refractivity contribution in [1.82, 2.24) is 29.8 Å². The van der Waals surface area contributed by atoms with Crippen LogP contribution in [0.2, 0.25) is 0 Å². The smallest absolute Gasteiger partial charge is 0.0929 e. The fourth-order valence-corrected chi connectivity index (χ4v) is 7.48. The van der Waals surface area contributed by atoms with Crippen LogP contribution in [0.25, 0.3) is 33.6 Å². The first-order valence-electron chi connectivity index (χ1n) is 15.6. The van der Waals surface area contributed by atoms with Crippen molar-refractivity contribution in [2.24, 2.45) is 0 Å². The van der Waals surface area contributed by atoms with Crippen molar-refractivity contribution >= 4 is 0 Å². The molecule has 0 bridgehead atoms. The molecule has 5 heterocycles. The Hall–Kier alpha value is -3.30. The van der Waals surface area contributed by atoms with Crippen LogP contribution in [0.4, 0.5) is 0 Å². The summed E-state index contributed by atoms with van der Waals surface area (Å²) in [6, 6.07) is 18.2. The molecule has 0 spiro atoms. The van der Waals surface area contributed by atoms with E-state index in [1.807, 2.05) is 0 Å². The third kappa shape index (κ3) is 4.90. The number of aromatic nitrogens is 4. The molecule has 3 aliphatic rings. The first kappa shape index (κ1) is 27.5. The summed E-state index contributed by atoms with van der Waals surface area (Å²) in [6.45, 7) is 8.76. The second kappa shape index (κ2) is 11.4. The molecule has 7 rings (SSSR count). The van der Waals surface area contributed by atoms with E-state index < -0.39 is 0 Å². The summed E-state index contributed by atoms with van der Waals surface area (Å²) in [6.07, 6.45) is 5.04. The largest absolute Gasteiger partial charge is 0.395 e. The van der Waals surface area contributed by atoms with Gasteiger partial charge in [0.2, 0.25) is 0 Å². The zero-order valence-corrected chi connectivity index (χ0v) is 24.8. The summed E-state index contributed by atoms with van der Waals surface area (Å²) in [5.41, 5.74) is 11.8. The maximum atomic E-state index is 10.2. The average Bonchev–Trinajstić information content (AvgIpc) is 3.74. The molecular weight excluding hydrogens is 524 g/mol. The van der Waals surface area contributed by atoms with Gasteiger partial charge in [-0.2, -0.15) is 10.2 Å². The van der Waals surface area contributed by atoms with E-state index >= 15 is 0 Å². The van der Waals surface area contributed by atoms with Gasteiger partial charge in [0.15, 0.2) is 0 Å². The molecule has 2 aromatic carbocycles. The molecule has 3 atom stereocenters. The number of fused-ring (bicyclic) bond motifs is 2. The van der Waals surface area contributed by atoms with Crippen molar-refractivity contribution in [2.75, 3.05) is 26.2 Å². The zero-order valence-electron chi connectivity index (χ0n) is 24.8. The number of aliphatic hydroxyl groups excluding tert-OH is 2. The van der Waals surface area contributed by atoms with Crippen LogP contribution >= 0.6 is 0 Å². The van der Waals surface area contributed by atoms with Crippen molar-refractivity contribution in [3.8, 4) is 33.6 Å². The van der Waals surface area contributed by atoms with E-state index in [2.05, 4.69) is 82.0 Å². The Labute approximate surface area is 248 Å². The molecule has 8 nitrogen and oxygen atoms in total. The lowest BCUT2D eigenvalue weighted by molar-refractivity contribution is 0.144. The van der Waals surface area contributed by atoms with Gasteiger partial charge in [-0.3, -0.25) is 14.3 Å². The number of hydrogen-bond acceptors (Lipinski definition) is 6. The number of aliphatic hydroxyl groups is 2. The molecule has 1 fully saturated rings. The Morgan fingerprint density at radius 2 is 1.38 bits per heavy atom. The van der Waals surface area contributed by atoms with Gasteiger partial charge in [0.1, 0.15) is 0 Å². The van der Waals surface area contributed by atoms with Crippen LogP contribution in [0.1, 0.15) is 66.7 Å². The second-order valence-corrected chi connectivity index (χ2v) is 12.3. The molecule has 0 saturated carbocycles. The van der Waals surface area contributed by atoms with E-state index in [0.29, 0.717) is 12.6 Å². The second-order valence-electron chi connectivity index (χ2n) is 12.3. The number of β-amino-alcohol motifs (C(OH)–C–C–N with tert-alkyl or cyclic N) is 1. The highest BCUT2D eigenvalue weighted by Crippen LogP contribution is 2.40. The van der Waals surface area contributed by atoms with Crippen LogP contribution in [0.3, 0.4) is 0 Å². The molecule has 2 aromatic heterocycles. The third-order valence-corrected chi connectivity index (χ3v) is 9.68. The van der Waals surface area contributed by atoms with Gasteiger partial charge in [0.05, 0.1) is 41.5 Å². The zero-order chi connectivity index (χ0) is 28.8. The van der Waals surface area contributed by atoms with Crippen LogP contribution in [0.5, 0.6) is 0 Å². The summed E-state index contributed by atoms with van der Waals surface area (Å²) >= 11 is 0. The van der Waals surface area contributed by atoms with Crippen LogP contribution < -0.4 is 5.32 Å². The molecule has 2 unspecified atom stereocenters. The first-order valence-corrected chi connectivity index (χ1v) is 15.6. The molecule has 0 amide bonds. The van der Waals surface area contributed by atoms with E-state index in [1.165, 1.54) is 39.2 Å². The van der Waals surface area contributed by atoms with Gasteiger partial charge in [-0.05, 0) is 80.3 Å². The summed E-state index contributed by atoms with van der Waals surface area (Å²) in [5.74, 6) is 0. The van der Waals surface area contributed by atoms with E-state index in [4.69, 9.17) is 10.2 Å². The molecule has 42 heavy (non-hydrogen) atoms. The minimum atomic E-state index is -0.210. The number of aryl methyl sites for hydroxylation is 2. The highest BCUT2D eigenvalue weighted by molar-refractivity contribution is 5.82. The summed E-state index contributed by atoms with van der Waals surface area (Å²) in [7, 11) is 0. The predicted molar refractivity (Wildman–Crippen MR) is 165 cm³/mol. The molecule has 4 aromatic rings. The van der Waals surface area contributed by atoms with Crippen molar-refractivity contribution in [3.63, 3.8) is 0 Å². The van der Waals surface area contributed by atoms with E-state index in [0.717, 1.165) is 75.2 Å². The Balaban J connectivity index is 1.22. The van der Waals surface area contributed by atoms with E-state index in [-0.39, 0.29) is 18.8 Å². The van der Waals surface area contributed by atoms with Crippen molar-refractivity contribution < 1.29 is 10.2 Å². The third-order valence-electron chi connectivity index (χ3n) is 9.68. The molecule has 0 radical (unpaired) electrons. The Morgan fingerprint density at radius 3 is 2.00 bits per heavy atom. The standard InChI is InChI=1S/C34H42N6O2/c1-22-25(7-3-9-27(22)30-19-33-29(35-14-18-41)11-5-15-39(33)36-30)26-8-4-10-28(23(26)2)31-20-34-32(12-6-16-40(34)37-31)38-17-13-24(42)21-38/h3-4,7-10,19-20,24,29,32,35,41-42H,5-6,11-18,21H2,1-2H3/t24-,29?,32?/m1/s1. The number of benzene rings is 2. The average molecular weight is 567 g/mol. The van der Waals surface area contributed by atoms with Crippen LogP contribution in [0, 0.1) is 13.8 Å². The highest BCUT2D eigenvalue weighted by Gasteiger charge is 2.33. The number of nitrogens with one attached hydrogen (secondary N) is 1. The van der Waals surface area contributed by atoms with Crippen molar-refractivity contribution in [2.45, 2.75) is 77.2 Å². The minimum Gasteiger partial charge on any atom is -0.395 e. The van der Waals surface area contributed by atoms with Crippen LogP contribution in [-0.4, -0.2) is 67.0 Å². The van der Waals surface area contributed by atoms with Gasteiger partial charge >= 0.3 is 0 Å².